The molecule has 0 aliphatic heterocycles. The number of para-hydroxylation sites is 2. The Kier molecular flexibility index (Phi) is 11.6. The summed E-state index contributed by atoms with van der Waals surface area (Å²) in [6.07, 6.45) is -31.5. The highest BCUT2D eigenvalue weighted by Crippen LogP contribution is 2.46. The van der Waals surface area contributed by atoms with Crippen molar-refractivity contribution in [3.63, 3.8) is 0 Å². The van der Waals surface area contributed by atoms with Gasteiger partial charge in [-0.05, 0) is 137 Å². The molecular weight excluding hydrogens is 1040 g/mol. The van der Waals surface area contributed by atoms with Crippen LogP contribution in [0.25, 0.3) is 88.4 Å². The van der Waals surface area contributed by atoms with Crippen LogP contribution in [0.5, 0.6) is 0 Å². The van der Waals surface area contributed by atoms with Crippen LogP contribution in [0.2, 0.25) is 0 Å². The predicted molar refractivity (Wildman–Crippen MR) is 246 cm³/mol. The van der Waals surface area contributed by atoms with Gasteiger partial charge in [0.1, 0.15) is 11.6 Å². The Morgan fingerprint density at radius 2 is 0.539 bits per heavy atom. The second-order valence-electron chi connectivity index (χ2n) is 17.6. The fourth-order valence-corrected chi connectivity index (χ4v) is 9.43. The van der Waals surface area contributed by atoms with E-state index in [1.807, 2.05) is 0 Å². The Balaban J connectivity index is 1.29. The molecule has 0 atom stereocenters. The molecule has 10 aromatic rings. The molecule has 0 fully saturated rings. The summed E-state index contributed by atoms with van der Waals surface area (Å²) in [7, 11) is 0. The van der Waals surface area contributed by atoms with Crippen molar-refractivity contribution >= 4 is 43.6 Å². The maximum absolute atomic E-state index is 14.5. The van der Waals surface area contributed by atoms with Crippen LogP contribution >= 0.6 is 0 Å². The SMILES string of the molecule is N#Cc1c(-n2c3ccccc3c3cc(-c4cc(C(F)(F)F)cc(C(F)(F)F)c4)ccc32)cc(-c2cc(C(F)(F)F)cc(C(F)(F)F)c2)cc1-n1c2ccccc2c2cc(-c3cc(C(F)(F)F)cc(C(F)(F)F)c3)ccc21. The van der Waals surface area contributed by atoms with Crippen molar-refractivity contribution in [2.45, 2.75) is 37.1 Å². The number of fused-ring (bicyclic) bond motifs is 6. The molecule has 0 saturated heterocycles. The summed E-state index contributed by atoms with van der Waals surface area (Å²) < 4.78 is 258. The second kappa shape index (κ2) is 17.3. The van der Waals surface area contributed by atoms with Crippen molar-refractivity contribution in [2.75, 3.05) is 0 Å². The molecular formula is C55H25F18N3. The molecule has 3 nitrogen and oxygen atoms in total. The van der Waals surface area contributed by atoms with E-state index in [1.54, 1.807) is 0 Å². The summed E-state index contributed by atoms with van der Waals surface area (Å²) in [5, 5.41) is 12.1. The highest BCUT2D eigenvalue weighted by atomic mass is 19.4. The fraction of sp³-hybridized carbons (Fsp3) is 0.109. The molecule has 386 valence electrons. The van der Waals surface area contributed by atoms with Gasteiger partial charge in [-0.3, -0.25) is 0 Å². The van der Waals surface area contributed by atoms with Gasteiger partial charge in [0.2, 0.25) is 0 Å². The second-order valence-corrected chi connectivity index (χ2v) is 17.6. The molecule has 10 rings (SSSR count). The van der Waals surface area contributed by atoms with Crippen molar-refractivity contribution in [1.29, 1.82) is 5.26 Å². The van der Waals surface area contributed by atoms with Gasteiger partial charge in [0.05, 0.1) is 66.8 Å². The first kappa shape index (κ1) is 51.1. The molecule has 76 heavy (non-hydrogen) atoms. The topological polar surface area (TPSA) is 33.6 Å². The van der Waals surface area contributed by atoms with E-state index >= 15 is 0 Å². The number of hydrogen-bond donors (Lipinski definition) is 0. The minimum Gasteiger partial charge on any atom is -0.308 e. The quantitative estimate of drug-likeness (QED) is 0.158. The monoisotopic (exact) mass is 1070 g/mol. The lowest BCUT2D eigenvalue weighted by molar-refractivity contribution is -0.144. The van der Waals surface area contributed by atoms with Crippen LogP contribution in [0, 0.1) is 11.3 Å². The summed E-state index contributed by atoms with van der Waals surface area (Å²) in [6.45, 7) is 0. The Hall–Kier alpha value is -8.41. The third-order valence-corrected chi connectivity index (χ3v) is 12.8. The molecule has 21 heteroatoms. The lowest BCUT2D eigenvalue weighted by Gasteiger charge is -2.20. The van der Waals surface area contributed by atoms with Gasteiger partial charge in [0.25, 0.3) is 0 Å². The number of benzene rings is 8. The van der Waals surface area contributed by atoms with E-state index < -0.39 is 87.1 Å². The van der Waals surface area contributed by atoms with E-state index in [9.17, 15) is 84.3 Å². The van der Waals surface area contributed by atoms with Crippen molar-refractivity contribution in [1.82, 2.24) is 9.13 Å². The maximum Gasteiger partial charge on any atom is 0.416 e. The number of aromatic nitrogens is 2. The normalized spacial score (nSPS) is 13.1. The van der Waals surface area contributed by atoms with Gasteiger partial charge in [-0.1, -0.05) is 48.5 Å². The minimum absolute atomic E-state index is 0.0521. The average Bonchev–Trinajstić information content (AvgIpc) is 3.86. The van der Waals surface area contributed by atoms with E-state index in [0.29, 0.717) is 36.4 Å². The maximum atomic E-state index is 14.5. The first-order valence-corrected chi connectivity index (χ1v) is 21.9. The van der Waals surface area contributed by atoms with Crippen LogP contribution in [0.15, 0.2) is 152 Å². The third-order valence-electron chi connectivity index (χ3n) is 12.8. The predicted octanol–water partition coefficient (Wildman–Crippen LogP) is 18.9. The molecule has 0 aliphatic carbocycles. The van der Waals surface area contributed by atoms with Gasteiger partial charge in [0, 0.05) is 21.5 Å². The molecule has 0 radical (unpaired) electrons. The summed E-state index contributed by atoms with van der Waals surface area (Å²) >= 11 is 0. The summed E-state index contributed by atoms with van der Waals surface area (Å²) in [6, 6.07) is 26.6. The van der Waals surface area contributed by atoms with E-state index in [2.05, 4.69) is 6.07 Å². The minimum atomic E-state index is -5.34. The lowest BCUT2D eigenvalue weighted by atomic mass is 9.96. The molecule has 8 aromatic carbocycles. The number of rotatable bonds is 5. The highest BCUT2D eigenvalue weighted by molar-refractivity contribution is 6.12. The van der Waals surface area contributed by atoms with Crippen LogP contribution in [-0.2, 0) is 37.1 Å². The van der Waals surface area contributed by atoms with Crippen LogP contribution in [0.3, 0.4) is 0 Å². The fourth-order valence-electron chi connectivity index (χ4n) is 9.43. The van der Waals surface area contributed by atoms with Gasteiger partial charge in [-0.2, -0.15) is 84.3 Å². The Morgan fingerprint density at radius 3 is 0.829 bits per heavy atom. The Labute approximate surface area is 414 Å². The summed E-state index contributed by atoms with van der Waals surface area (Å²) in [5.41, 5.74) is -12.4. The van der Waals surface area contributed by atoms with E-state index in [0.717, 1.165) is 12.1 Å². The van der Waals surface area contributed by atoms with E-state index in [4.69, 9.17) is 0 Å². The molecule has 2 aromatic heterocycles. The van der Waals surface area contributed by atoms with Crippen LogP contribution in [0.4, 0.5) is 79.0 Å². The zero-order valence-corrected chi connectivity index (χ0v) is 37.6. The molecule has 0 amide bonds. The smallest absolute Gasteiger partial charge is 0.308 e. The van der Waals surface area contributed by atoms with E-state index in [-0.39, 0.29) is 95.4 Å². The molecule has 0 spiro atoms. The number of alkyl halides is 18. The molecule has 0 saturated carbocycles. The Morgan fingerprint density at radius 1 is 0.276 bits per heavy atom. The number of nitriles is 1. The lowest BCUT2D eigenvalue weighted by Crippen LogP contribution is -2.11. The standard InChI is InChI=1S/C55H25F18N3/c56-50(57,58)33-13-29(14-34(23-33)51(59,60)61)27-9-11-46-41(19-27)39-5-1-3-7-44(39)75(46)48-21-32(31-17-37(54(68,69)70)25-38(18-31)55(71,72)73)22-49(43(48)26-74)76-45-8-4-2-6-40(45)42-20-28(10-12-47(42)76)30-15-35(52(62,63)64)24-36(16-30)53(65,66)67/h1-25H. The van der Waals surface area contributed by atoms with E-state index in [1.165, 1.54) is 94.1 Å². The van der Waals surface area contributed by atoms with Gasteiger partial charge in [0.15, 0.2) is 0 Å². The summed E-state index contributed by atoms with van der Waals surface area (Å²) in [4.78, 5) is 0. The highest BCUT2D eigenvalue weighted by Gasteiger charge is 2.40. The molecule has 0 N–H and O–H groups in total. The number of nitrogens with zero attached hydrogens (tertiary/aromatic N) is 3. The molecule has 0 bridgehead atoms. The molecule has 2 heterocycles. The zero-order valence-electron chi connectivity index (χ0n) is 37.6. The first-order valence-electron chi connectivity index (χ1n) is 21.9. The van der Waals surface area contributed by atoms with Crippen LogP contribution < -0.4 is 0 Å². The summed E-state index contributed by atoms with van der Waals surface area (Å²) in [5.74, 6) is 0. The van der Waals surface area contributed by atoms with Gasteiger partial charge >= 0.3 is 37.1 Å². The van der Waals surface area contributed by atoms with Gasteiger partial charge < -0.3 is 9.13 Å². The van der Waals surface area contributed by atoms with Gasteiger partial charge in [-0.15, -0.1) is 0 Å². The molecule has 0 aliphatic rings. The van der Waals surface area contributed by atoms with Crippen molar-refractivity contribution in [2.24, 2.45) is 0 Å². The average molecular weight is 1070 g/mol. The Bertz CT molecular complexity index is 3730. The van der Waals surface area contributed by atoms with Crippen molar-refractivity contribution < 1.29 is 79.0 Å². The molecule has 0 unspecified atom stereocenters. The third kappa shape index (κ3) is 9.08. The number of halogens is 18. The van der Waals surface area contributed by atoms with Gasteiger partial charge in [-0.25, -0.2) is 0 Å². The van der Waals surface area contributed by atoms with Crippen molar-refractivity contribution in [3.8, 4) is 50.8 Å². The van der Waals surface area contributed by atoms with Crippen molar-refractivity contribution in [3.05, 3.63) is 191 Å². The zero-order chi connectivity index (χ0) is 54.8. The number of hydrogen-bond acceptors (Lipinski definition) is 1. The van der Waals surface area contributed by atoms with Crippen LogP contribution in [-0.4, -0.2) is 9.13 Å². The first-order chi connectivity index (χ1) is 35.4. The van der Waals surface area contributed by atoms with Crippen LogP contribution in [0.1, 0.15) is 38.9 Å². The largest absolute Gasteiger partial charge is 0.416 e.